The Morgan fingerprint density at radius 1 is 0.500 bits per heavy atom. The van der Waals surface area contributed by atoms with Crippen LogP contribution < -0.4 is 5.19 Å². The summed E-state index contributed by atoms with van der Waals surface area (Å²) in [5, 5.41) is 86.0. The zero-order valence-electron chi connectivity index (χ0n) is 35.1. The summed E-state index contributed by atoms with van der Waals surface area (Å²) in [5.41, 5.74) is 6.15. The van der Waals surface area contributed by atoms with Crippen molar-refractivity contribution in [3.8, 4) is 48.6 Å². The summed E-state index contributed by atoms with van der Waals surface area (Å²) in [6, 6.07) is 38.1. The molecule has 0 aromatic heterocycles. The van der Waals surface area contributed by atoms with Crippen LogP contribution in [0, 0.1) is 90.6 Å². The zero-order chi connectivity index (χ0) is 45.3. The molecule has 0 aliphatic heterocycles. The summed E-state index contributed by atoms with van der Waals surface area (Å²) in [6.07, 6.45) is 3.64. The third-order valence-electron chi connectivity index (χ3n) is 11.0. The highest BCUT2D eigenvalue weighted by molar-refractivity contribution is 6.88. The number of nitriles is 8. The molecule has 0 radical (unpaired) electrons. The van der Waals surface area contributed by atoms with Crippen LogP contribution in [-0.4, -0.2) is 16.1 Å². The molecule has 0 unspecified atom stereocenters. The second-order valence-electron chi connectivity index (χ2n) is 16.9. The molecule has 8 nitrogen and oxygen atoms in total. The van der Waals surface area contributed by atoms with Crippen molar-refractivity contribution in [2.45, 2.75) is 39.3 Å². The monoisotopic (exact) mass is 828 g/mol. The van der Waals surface area contributed by atoms with Crippen molar-refractivity contribution in [1.82, 2.24) is 0 Å². The van der Waals surface area contributed by atoms with Crippen LogP contribution in [0.4, 0.5) is 0 Å². The van der Waals surface area contributed by atoms with Gasteiger partial charge in [-0.25, -0.2) is 0 Å². The molecular formula is C52H36N8Si2. The first-order valence-corrected chi connectivity index (χ1v) is 26.3. The average Bonchev–Trinajstić information content (AvgIpc) is 3.75. The van der Waals surface area contributed by atoms with Gasteiger partial charge in [0.05, 0.1) is 85.0 Å². The quantitative estimate of drug-likeness (QED) is 0.0951. The van der Waals surface area contributed by atoms with E-state index in [1.807, 2.05) is 30.3 Å². The first kappa shape index (κ1) is 43.0. The summed E-state index contributed by atoms with van der Waals surface area (Å²) >= 11 is 0. The van der Waals surface area contributed by atoms with Crippen LogP contribution in [-0.2, 0) is 0 Å². The SMILES string of the molecule is C=C(/C=C\C(=C)[Si](C)(C)C)C1=C(C#N)c2cc3c(cc2/C1=C(\C#N)c1cc(C#N)cc(C#N)c1)C(C#N)=C(c1ccc([Si](C)(C)C)cc1)/C3=C(/C#N)c1cc(C#N)cc(C#N)c1. The van der Waals surface area contributed by atoms with E-state index in [9.17, 15) is 42.1 Å². The standard InChI is InChI=1S/C52H36N8Si2/c1-31(9-10-32(2)61(3,4)5)49-47(29-59)41-21-44-42(22-43(41)51(49)45(27-57)38-17-33(23-53)15-34(18-38)24-54)48(30-60)50(37-11-13-40(14-12-37)62(6,7)8)52(44)46(28-58)39-19-35(25-55)16-36(20-39)26-56/h9-22H,1-2H2,3-8H3/b10-9-,51-45-,52-46-. The molecule has 0 spiro atoms. The van der Waals surface area contributed by atoms with Gasteiger partial charge in [0.1, 0.15) is 24.3 Å². The van der Waals surface area contributed by atoms with Gasteiger partial charge in [-0.3, -0.25) is 0 Å². The molecule has 0 bridgehead atoms. The fourth-order valence-electron chi connectivity index (χ4n) is 7.58. The van der Waals surface area contributed by atoms with E-state index in [1.165, 1.54) is 41.6 Å². The predicted octanol–water partition coefficient (Wildman–Crippen LogP) is 10.9. The van der Waals surface area contributed by atoms with E-state index < -0.39 is 16.1 Å². The van der Waals surface area contributed by atoms with E-state index >= 15 is 0 Å². The Morgan fingerprint density at radius 2 is 0.935 bits per heavy atom. The van der Waals surface area contributed by atoms with Gasteiger partial charge in [0.15, 0.2) is 0 Å². The van der Waals surface area contributed by atoms with E-state index in [-0.39, 0.29) is 50.1 Å². The van der Waals surface area contributed by atoms with E-state index in [1.54, 1.807) is 18.2 Å². The molecule has 0 amide bonds. The van der Waals surface area contributed by atoms with Crippen LogP contribution in [0.2, 0.25) is 39.3 Å². The van der Waals surface area contributed by atoms with Gasteiger partial charge in [0, 0.05) is 33.4 Å². The first-order chi connectivity index (χ1) is 29.5. The lowest BCUT2D eigenvalue weighted by atomic mass is 9.86. The molecular weight excluding hydrogens is 793 g/mol. The molecule has 6 rings (SSSR count). The molecule has 0 atom stereocenters. The van der Waals surface area contributed by atoms with Crippen LogP contribution >= 0.6 is 0 Å². The minimum absolute atomic E-state index is 0.0760. The number of benzene rings is 4. The smallest absolute Gasteiger partial charge is 0.100 e. The maximum absolute atomic E-state index is 11.1. The molecule has 0 fully saturated rings. The number of hydrogen-bond donors (Lipinski definition) is 0. The maximum Gasteiger partial charge on any atom is 0.100 e. The van der Waals surface area contributed by atoms with Crippen molar-refractivity contribution in [3.05, 3.63) is 176 Å². The molecule has 62 heavy (non-hydrogen) atoms. The maximum atomic E-state index is 11.1. The lowest BCUT2D eigenvalue weighted by Crippen LogP contribution is -2.37. The Morgan fingerprint density at radius 3 is 1.34 bits per heavy atom. The number of allylic oxidation sites excluding steroid dienone is 12. The molecule has 0 saturated carbocycles. The number of nitrogens with zero attached hydrogens (tertiary/aromatic N) is 8. The Balaban J connectivity index is 1.80. The molecule has 2 aliphatic rings. The third-order valence-corrected chi connectivity index (χ3v) is 15.1. The number of rotatable bonds is 8. The summed E-state index contributed by atoms with van der Waals surface area (Å²) in [4.78, 5) is 0. The highest BCUT2D eigenvalue weighted by atomic mass is 28.3. The third kappa shape index (κ3) is 7.68. The normalized spacial score (nSPS) is 14.5. The van der Waals surface area contributed by atoms with Gasteiger partial charge in [-0.15, -0.1) is 0 Å². The van der Waals surface area contributed by atoms with Gasteiger partial charge >= 0.3 is 0 Å². The Bertz CT molecular complexity index is 3180. The van der Waals surface area contributed by atoms with Crippen molar-refractivity contribution < 1.29 is 0 Å². The average molecular weight is 829 g/mol. The van der Waals surface area contributed by atoms with E-state index in [4.69, 9.17) is 0 Å². The number of fused-ring (bicyclic) bond motifs is 2. The van der Waals surface area contributed by atoms with Crippen molar-refractivity contribution in [2.24, 2.45) is 0 Å². The van der Waals surface area contributed by atoms with Crippen LogP contribution in [0.5, 0.6) is 0 Å². The van der Waals surface area contributed by atoms with E-state index in [2.05, 4.69) is 101 Å². The van der Waals surface area contributed by atoms with Crippen molar-refractivity contribution >= 4 is 60.3 Å². The minimum Gasteiger partial charge on any atom is -0.192 e. The van der Waals surface area contributed by atoms with Gasteiger partial charge in [-0.2, -0.15) is 42.1 Å². The van der Waals surface area contributed by atoms with Crippen LogP contribution in [0.1, 0.15) is 61.2 Å². The van der Waals surface area contributed by atoms with Gasteiger partial charge < -0.3 is 0 Å². The van der Waals surface area contributed by atoms with Crippen molar-refractivity contribution in [3.63, 3.8) is 0 Å². The predicted molar refractivity (Wildman–Crippen MR) is 248 cm³/mol. The Hall–Kier alpha value is -8.59. The molecule has 2 aliphatic carbocycles. The van der Waals surface area contributed by atoms with Crippen molar-refractivity contribution in [1.29, 1.82) is 42.1 Å². The van der Waals surface area contributed by atoms with Gasteiger partial charge in [-0.1, -0.05) is 99.2 Å². The largest absolute Gasteiger partial charge is 0.192 e. The van der Waals surface area contributed by atoms with Crippen LogP contribution in [0.25, 0.3) is 39.0 Å². The second kappa shape index (κ2) is 16.6. The van der Waals surface area contributed by atoms with Crippen molar-refractivity contribution in [2.75, 3.05) is 0 Å². The lowest BCUT2D eigenvalue weighted by molar-refractivity contribution is 1.43. The summed E-state index contributed by atoms with van der Waals surface area (Å²) in [5.74, 6) is 0. The Labute approximate surface area is 364 Å². The van der Waals surface area contributed by atoms with Gasteiger partial charge in [0.2, 0.25) is 0 Å². The molecule has 292 valence electrons. The first-order valence-electron chi connectivity index (χ1n) is 19.3. The second-order valence-corrected chi connectivity index (χ2v) is 27.1. The van der Waals surface area contributed by atoms with E-state index in [0.29, 0.717) is 61.2 Å². The Kier molecular flexibility index (Phi) is 11.5. The highest BCUT2D eigenvalue weighted by Gasteiger charge is 2.38. The highest BCUT2D eigenvalue weighted by Crippen LogP contribution is 2.55. The van der Waals surface area contributed by atoms with Gasteiger partial charge in [-0.05, 0) is 81.9 Å². The van der Waals surface area contributed by atoms with E-state index in [0.717, 1.165) is 5.20 Å². The zero-order valence-corrected chi connectivity index (χ0v) is 37.1. The molecule has 0 heterocycles. The summed E-state index contributed by atoms with van der Waals surface area (Å²) in [7, 11) is -3.59. The summed E-state index contributed by atoms with van der Waals surface area (Å²) < 4.78 is 0. The molecule has 4 aromatic carbocycles. The lowest BCUT2D eigenvalue weighted by Gasteiger charge is -2.18. The fraction of sp³-hybridized carbons (Fsp3) is 0.115. The number of hydrogen-bond acceptors (Lipinski definition) is 8. The summed E-state index contributed by atoms with van der Waals surface area (Å²) in [6.45, 7) is 21.8. The fourth-order valence-corrected chi connectivity index (χ4v) is 9.33. The van der Waals surface area contributed by atoms with Gasteiger partial charge in [0.25, 0.3) is 0 Å². The van der Waals surface area contributed by atoms with Crippen LogP contribution in [0.3, 0.4) is 0 Å². The minimum atomic E-state index is -1.84. The van der Waals surface area contributed by atoms with Crippen LogP contribution in [0.15, 0.2) is 114 Å². The molecule has 0 saturated heterocycles. The molecule has 4 aromatic rings. The molecule has 10 heteroatoms. The molecule has 0 N–H and O–H groups in total. The topological polar surface area (TPSA) is 190 Å².